The normalized spacial score (nSPS) is 19.2. The molecule has 0 rings (SSSR count). The van der Waals surface area contributed by atoms with Gasteiger partial charge in [-0.25, -0.2) is 0 Å². The molecule has 0 spiro atoms. The molecule has 0 amide bonds. The summed E-state index contributed by atoms with van der Waals surface area (Å²) in [6.45, 7) is 1.21. The first-order chi connectivity index (χ1) is 2.56. The molecular weight excluding hydrogens is 82.0 g/mol. The minimum absolute atomic E-state index is 0.271. The van der Waals surface area contributed by atoms with Gasteiger partial charge in [-0.05, 0) is 6.92 Å². The zero-order valence-electron chi connectivity index (χ0n) is 3.51. The van der Waals surface area contributed by atoms with Gasteiger partial charge in [0.05, 0.1) is 0 Å². The lowest BCUT2D eigenvalue weighted by Gasteiger charge is -2.03. The zero-order valence-corrected chi connectivity index (χ0v) is 3.51. The predicted octanol–water partition coefficient (Wildman–Crippen LogP) is -1.15. The van der Waals surface area contributed by atoms with E-state index in [-0.39, 0.29) is 6.29 Å². The summed E-state index contributed by atoms with van der Waals surface area (Å²) in [6.07, 6.45) is 0.271. The van der Waals surface area contributed by atoms with Crippen LogP contribution in [0.5, 0.6) is 0 Å². The maximum Gasteiger partial charge on any atom is 0.167 e. The van der Waals surface area contributed by atoms with Crippen molar-refractivity contribution in [2.75, 3.05) is 0 Å². The first-order valence-electron chi connectivity index (χ1n) is 1.54. The van der Waals surface area contributed by atoms with Crippen LogP contribution in [0.3, 0.4) is 0 Å². The van der Waals surface area contributed by atoms with E-state index in [9.17, 15) is 4.79 Å². The van der Waals surface area contributed by atoms with E-state index in [2.05, 4.69) is 0 Å². The molecule has 0 unspecified atom stereocenters. The number of nitrogens with two attached hydrogens (primary N) is 1. The molecule has 0 bridgehead atoms. The summed E-state index contributed by atoms with van der Waals surface area (Å²) in [7, 11) is 0. The smallest absolute Gasteiger partial charge is 0.167 e. The Bertz CT molecular complexity index is 54.3. The van der Waals surface area contributed by atoms with Crippen molar-refractivity contribution in [3.63, 3.8) is 0 Å². The SMILES string of the molecule is C[C@@](N)(O)C=O. The molecule has 0 fully saturated rings. The maximum atomic E-state index is 9.45. The van der Waals surface area contributed by atoms with Crippen LogP contribution in [-0.2, 0) is 4.79 Å². The highest BCUT2D eigenvalue weighted by Crippen LogP contribution is 1.79. The van der Waals surface area contributed by atoms with Gasteiger partial charge in [-0.3, -0.25) is 10.5 Å². The highest BCUT2D eigenvalue weighted by atomic mass is 16.3. The number of carbonyl (C=O) groups is 1. The van der Waals surface area contributed by atoms with Crippen LogP contribution in [-0.4, -0.2) is 17.1 Å². The first-order valence-corrected chi connectivity index (χ1v) is 1.54. The van der Waals surface area contributed by atoms with E-state index in [1.807, 2.05) is 0 Å². The van der Waals surface area contributed by atoms with Gasteiger partial charge in [0.2, 0.25) is 0 Å². The molecular formula is C3H7NO2. The average molecular weight is 89.1 g/mol. The van der Waals surface area contributed by atoms with Crippen LogP contribution in [0.15, 0.2) is 0 Å². The quantitative estimate of drug-likeness (QED) is 0.315. The van der Waals surface area contributed by atoms with Crippen molar-refractivity contribution in [1.29, 1.82) is 0 Å². The van der Waals surface area contributed by atoms with Crippen molar-refractivity contribution in [1.82, 2.24) is 0 Å². The third-order valence-corrected chi connectivity index (χ3v) is 0.239. The second-order valence-electron chi connectivity index (χ2n) is 1.34. The topological polar surface area (TPSA) is 63.3 Å². The molecule has 3 heteroatoms. The van der Waals surface area contributed by atoms with Gasteiger partial charge in [-0.2, -0.15) is 0 Å². The lowest BCUT2D eigenvalue weighted by atomic mass is 10.3. The number of aliphatic hydroxyl groups is 1. The third-order valence-electron chi connectivity index (χ3n) is 0.239. The minimum Gasteiger partial charge on any atom is -0.369 e. The first kappa shape index (κ1) is 5.59. The molecule has 0 saturated carbocycles. The monoisotopic (exact) mass is 89.0 g/mol. The van der Waals surface area contributed by atoms with Crippen molar-refractivity contribution in [3.05, 3.63) is 0 Å². The zero-order chi connectivity index (χ0) is 5.21. The van der Waals surface area contributed by atoms with Crippen LogP contribution < -0.4 is 5.73 Å². The van der Waals surface area contributed by atoms with E-state index in [0.717, 1.165) is 0 Å². The van der Waals surface area contributed by atoms with Crippen LogP contribution in [0.2, 0.25) is 0 Å². The second-order valence-corrected chi connectivity index (χ2v) is 1.34. The Morgan fingerprint density at radius 2 is 2.17 bits per heavy atom. The van der Waals surface area contributed by atoms with Gasteiger partial charge in [-0.1, -0.05) is 0 Å². The molecule has 0 aromatic heterocycles. The number of rotatable bonds is 1. The van der Waals surface area contributed by atoms with Crippen LogP contribution >= 0.6 is 0 Å². The summed E-state index contributed by atoms with van der Waals surface area (Å²) in [5, 5.41) is 8.24. The van der Waals surface area contributed by atoms with Gasteiger partial charge in [0.25, 0.3) is 0 Å². The number of aldehydes is 1. The standard InChI is InChI=1S/C3H7NO2/c1-3(4,6)2-5/h2,6H,4H2,1H3/t3-/m1/s1. The third kappa shape index (κ3) is 3.59. The van der Waals surface area contributed by atoms with E-state index < -0.39 is 5.72 Å². The Labute approximate surface area is 35.8 Å². The summed E-state index contributed by atoms with van der Waals surface area (Å²) >= 11 is 0. The number of carbonyl (C=O) groups excluding carboxylic acids is 1. The summed E-state index contributed by atoms with van der Waals surface area (Å²) in [5.74, 6) is 0. The molecule has 0 aliphatic heterocycles. The fourth-order valence-corrected chi connectivity index (χ4v) is 0. The van der Waals surface area contributed by atoms with E-state index in [1.165, 1.54) is 6.92 Å². The lowest BCUT2D eigenvalue weighted by Crippen LogP contribution is -2.36. The van der Waals surface area contributed by atoms with E-state index >= 15 is 0 Å². The Morgan fingerprint density at radius 1 is 2.00 bits per heavy atom. The Kier molecular flexibility index (Phi) is 1.27. The highest BCUT2D eigenvalue weighted by Gasteiger charge is 2.07. The van der Waals surface area contributed by atoms with Crippen molar-refractivity contribution in [2.45, 2.75) is 12.6 Å². The molecule has 36 valence electrons. The molecule has 1 atom stereocenters. The predicted molar refractivity (Wildman–Crippen MR) is 20.9 cm³/mol. The Balaban J connectivity index is 3.45. The summed E-state index contributed by atoms with van der Waals surface area (Å²) in [5.41, 5.74) is 3.08. The molecule has 0 aliphatic rings. The van der Waals surface area contributed by atoms with Gasteiger partial charge >= 0.3 is 0 Å². The molecule has 0 heterocycles. The van der Waals surface area contributed by atoms with Crippen molar-refractivity contribution in [2.24, 2.45) is 5.73 Å². The van der Waals surface area contributed by atoms with Crippen LogP contribution in [0.25, 0.3) is 0 Å². The molecule has 0 saturated heterocycles. The van der Waals surface area contributed by atoms with Crippen LogP contribution in [0.4, 0.5) is 0 Å². The number of hydrogen-bond acceptors (Lipinski definition) is 3. The van der Waals surface area contributed by atoms with E-state index in [1.54, 1.807) is 0 Å². The average Bonchev–Trinajstić information content (AvgIpc) is 1.35. The largest absolute Gasteiger partial charge is 0.369 e. The molecule has 0 aromatic carbocycles. The summed E-state index contributed by atoms with van der Waals surface area (Å²) in [6, 6.07) is 0. The van der Waals surface area contributed by atoms with Crippen LogP contribution in [0.1, 0.15) is 6.92 Å². The number of hydrogen-bond donors (Lipinski definition) is 2. The van der Waals surface area contributed by atoms with Gasteiger partial charge in [0, 0.05) is 0 Å². The second kappa shape index (κ2) is 1.36. The van der Waals surface area contributed by atoms with Crippen molar-refractivity contribution >= 4 is 6.29 Å². The van der Waals surface area contributed by atoms with Gasteiger partial charge in [0.15, 0.2) is 12.0 Å². The Hall–Kier alpha value is -0.410. The maximum absolute atomic E-state index is 9.45. The van der Waals surface area contributed by atoms with Crippen LogP contribution in [0, 0.1) is 0 Å². The molecule has 3 nitrogen and oxygen atoms in total. The fourth-order valence-electron chi connectivity index (χ4n) is 0. The summed E-state index contributed by atoms with van der Waals surface area (Å²) < 4.78 is 0. The summed E-state index contributed by atoms with van der Waals surface area (Å²) in [4.78, 5) is 9.45. The molecule has 0 aliphatic carbocycles. The molecule has 6 heavy (non-hydrogen) atoms. The van der Waals surface area contributed by atoms with E-state index in [4.69, 9.17) is 10.8 Å². The fraction of sp³-hybridized carbons (Fsp3) is 0.667. The van der Waals surface area contributed by atoms with Crippen molar-refractivity contribution < 1.29 is 9.90 Å². The Morgan fingerprint density at radius 3 is 2.17 bits per heavy atom. The van der Waals surface area contributed by atoms with Gasteiger partial charge in [0.1, 0.15) is 0 Å². The van der Waals surface area contributed by atoms with Crippen molar-refractivity contribution in [3.8, 4) is 0 Å². The van der Waals surface area contributed by atoms with Gasteiger partial charge < -0.3 is 5.11 Å². The molecule has 0 aromatic rings. The minimum atomic E-state index is -1.64. The molecule has 3 N–H and O–H groups in total. The van der Waals surface area contributed by atoms with Gasteiger partial charge in [-0.15, -0.1) is 0 Å². The van der Waals surface area contributed by atoms with E-state index in [0.29, 0.717) is 0 Å². The lowest BCUT2D eigenvalue weighted by molar-refractivity contribution is -0.121. The highest BCUT2D eigenvalue weighted by molar-refractivity contribution is 5.59. The molecule has 0 radical (unpaired) electrons.